The second kappa shape index (κ2) is 7.42. The molecule has 2 aliphatic rings. The third-order valence-electron chi connectivity index (χ3n) is 5.48. The molecule has 0 aromatic heterocycles. The second-order valence-corrected chi connectivity index (χ2v) is 6.75. The van der Waals surface area contributed by atoms with Crippen molar-refractivity contribution >= 4 is 0 Å². The molecule has 1 aliphatic heterocycles. The lowest BCUT2D eigenvalue weighted by Crippen LogP contribution is -2.37. The van der Waals surface area contributed by atoms with Gasteiger partial charge in [0.2, 0.25) is 0 Å². The van der Waals surface area contributed by atoms with E-state index in [0.29, 0.717) is 6.04 Å². The lowest BCUT2D eigenvalue weighted by atomic mass is 9.85. The number of nitrogens with zero attached hydrogens (tertiary/aromatic N) is 1. The lowest BCUT2D eigenvalue weighted by molar-refractivity contribution is 0.175. The molecule has 0 spiro atoms. The highest BCUT2D eigenvalue weighted by molar-refractivity contribution is 5.18. The molecule has 2 heteroatoms. The lowest BCUT2D eigenvalue weighted by Gasteiger charge is -2.32. The van der Waals surface area contributed by atoms with Gasteiger partial charge in [0.1, 0.15) is 0 Å². The number of hydrogen-bond donors (Lipinski definition) is 1. The van der Waals surface area contributed by atoms with Gasteiger partial charge in [-0.25, -0.2) is 0 Å². The molecular weight excluding hydrogens is 256 g/mol. The zero-order valence-electron chi connectivity index (χ0n) is 13.4. The van der Waals surface area contributed by atoms with Gasteiger partial charge in [0, 0.05) is 18.6 Å². The zero-order chi connectivity index (χ0) is 14.5. The van der Waals surface area contributed by atoms with Gasteiger partial charge < -0.3 is 10.2 Å². The Morgan fingerprint density at radius 2 is 1.95 bits per heavy atom. The second-order valence-electron chi connectivity index (χ2n) is 6.75. The Labute approximate surface area is 129 Å². The summed E-state index contributed by atoms with van der Waals surface area (Å²) >= 11 is 0. The number of fused-ring (bicyclic) bond motifs is 1. The number of rotatable bonds is 6. The Bertz CT molecular complexity index is 417. The fourth-order valence-corrected chi connectivity index (χ4v) is 4.39. The smallest absolute Gasteiger partial charge is 0.0332 e. The molecule has 116 valence electrons. The molecule has 1 aromatic rings. The quantitative estimate of drug-likeness (QED) is 0.850. The van der Waals surface area contributed by atoms with E-state index in [4.69, 9.17) is 0 Å². The van der Waals surface area contributed by atoms with Gasteiger partial charge in [0.25, 0.3) is 0 Å². The SMILES string of the molecule is CCNC(CCN1CCC2CCCCC21)c1ccccc1. The van der Waals surface area contributed by atoms with Crippen LogP contribution in [0.1, 0.15) is 57.1 Å². The fraction of sp³-hybridized carbons (Fsp3) is 0.684. The highest BCUT2D eigenvalue weighted by Crippen LogP contribution is 2.36. The Kier molecular flexibility index (Phi) is 5.32. The van der Waals surface area contributed by atoms with Gasteiger partial charge in [0.05, 0.1) is 0 Å². The minimum absolute atomic E-state index is 0.513. The maximum atomic E-state index is 3.67. The molecule has 2 fully saturated rings. The average molecular weight is 286 g/mol. The van der Waals surface area contributed by atoms with Crippen LogP contribution < -0.4 is 5.32 Å². The first-order valence-electron chi connectivity index (χ1n) is 8.91. The van der Waals surface area contributed by atoms with E-state index in [-0.39, 0.29) is 0 Å². The van der Waals surface area contributed by atoms with Crippen LogP contribution in [0.25, 0.3) is 0 Å². The minimum atomic E-state index is 0.513. The summed E-state index contributed by atoms with van der Waals surface area (Å²) in [6.45, 7) is 5.85. The highest BCUT2D eigenvalue weighted by atomic mass is 15.2. The molecule has 3 atom stereocenters. The number of benzene rings is 1. The highest BCUT2D eigenvalue weighted by Gasteiger charge is 2.35. The van der Waals surface area contributed by atoms with Gasteiger partial charge in [-0.15, -0.1) is 0 Å². The fourth-order valence-electron chi connectivity index (χ4n) is 4.39. The summed E-state index contributed by atoms with van der Waals surface area (Å²) in [5, 5.41) is 3.67. The first-order valence-corrected chi connectivity index (χ1v) is 8.91. The van der Waals surface area contributed by atoms with Crippen molar-refractivity contribution in [1.82, 2.24) is 10.2 Å². The Morgan fingerprint density at radius 1 is 1.14 bits per heavy atom. The molecule has 0 bridgehead atoms. The largest absolute Gasteiger partial charge is 0.310 e. The van der Waals surface area contributed by atoms with Crippen molar-refractivity contribution in [2.75, 3.05) is 19.6 Å². The molecule has 0 amide bonds. The van der Waals surface area contributed by atoms with Crippen molar-refractivity contribution in [2.24, 2.45) is 5.92 Å². The van der Waals surface area contributed by atoms with Gasteiger partial charge in [-0.1, -0.05) is 50.1 Å². The van der Waals surface area contributed by atoms with Crippen molar-refractivity contribution in [2.45, 2.75) is 57.5 Å². The molecule has 1 aromatic carbocycles. The predicted molar refractivity (Wildman–Crippen MR) is 89.4 cm³/mol. The van der Waals surface area contributed by atoms with E-state index in [9.17, 15) is 0 Å². The van der Waals surface area contributed by atoms with Crippen LogP contribution >= 0.6 is 0 Å². The van der Waals surface area contributed by atoms with Gasteiger partial charge in [0.15, 0.2) is 0 Å². The topological polar surface area (TPSA) is 15.3 Å². The monoisotopic (exact) mass is 286 g/mol. The van der Waals surface area contributed by atoms with Crippen LogP contribution in [0.4, 0.5) is 0 Å². The van der Waals surface area contributed by atoms with Crippen LogP contribution in [0, 0.1) is 5.92 Å². The Morgan fingerprint density at radius 3 is 2.76 bits per heavy atom. The maximum absolute atomic E-state index is 3.67. The molecular formula is C19H30N2. The van der Waals surface area contributed by atoms with E-state index in [2.05, 4.69) is 47.5 Å². The van der Waals surface area contributed by atoms with Crippen molar-refractivity contribution in [3.8, 4) is 0 Å². The molecule has 21 heavy (non-hydrogen) atoms. The van der Waals surface area contributed by atoms with E-state index in [1.807, 2.05) is 0 Å². The summed E-state index contributed by atoms with van der Waals surface area (Å²) in [5.41, 5.74) is 1.44. The van der Waals surface area contributed by atoms with Crippen LogP contribution in [0.3, 0.4) is 0 Å². The van der Waals surface area contributed by atoms with Crippen LogP contribution in [0.15, 0.2) is 30.3 Å². The van der Waals surface area contributed by atoms with Crippen LogP contribution in [0.2, 0.25) is 0 Å². The summed E-state index contributed by atoms with van der Waals surface area (Å²) in [7, 11) is 0. The zero-order valence-corrected chi connectivity index (χ0v) is 13.4. The predicted octanol–water partition coefficient (Wildman–Crippen LogP) is 3.99. The average Bonchev–Trinajstić information content (AvgIpc) is 2.95. The van der Waals surface area contributed by atoms with Crippen molar-refractivity contribution < 1.29 is 0 Å². The number of hydrogen-bond acceptors (Lipinski definition) is 2. The van der Waals surface area contributed by atoms with Crippen LogP contribution in [-0.4, -0.2) is 30.6 Å². The molecule has 3 unspecified atom stereocenters. The van der Waals surface area contributed by atoms with Gasteiger partial charge in [-0.3, -0.25) is 0 Å². The normalized spacial score (nSPS) is 27.5. The molecule has 1 heterocycles. The molecule has 3 rings (SSSR count). The third-order valence-corrected chi connectivity index (χ3v) is 5.48. The molecule has 1 saturated carbocycles. The van der Waals surface area contributed by atoms with Crippen molar-refractivity contribution in [3.63, 3.8) is 0 Å². The number of nitrogens with one attached hydrogen (secondary N) is 1. The number of likely N-dealkylation sites (tertiary alicyclic amines) is 1. The van der Waals surface area contributed by atoms with Crippen LogP contribution in [-0.2, 0) is 0 Å². The van der Waals surface area contributed by atoms with E-state index < -0.39 is 0 Å². The van der Waals surface area contributed by atoms with Gasteiger partial charge >= 0.3 is 0 Å². The first-order chi connectivity index (χ1) is 10.4. The Hall–Kier alpha value is -0.860. The summed E-state index contributed by atoms with van der Waals surface area (Å²) in [6.07, 6.45) is 8.54. The van der Waals surface area contributed by atoms with E-state index in [0.717, 1.165) is 18.5 Å². The maximum Gasteiger partial charge on any atom is 0.0332 e. The summed E-state index contributed by atoms with van der Waals surface area (Å²) in [5.74, 6) is 1.01. The van der Waals surface area contributed by atoms with Crippen molar-refractivity contribution in [1.29, 1.82) is 0 Å². The standard InChI is InChI=1S/C19H30N2/c1-2-20-18(16-8-4-3-5-9-16)13-15-21-14-12-17-10-6-7-11-19(17)21/h3-5,8-9,17-20H,2,6-7,10-15H2,1H3. The van der Waals surface area contributed by atoms with E-state index >= 15 is 0 Å². The molecule has 0 radical (unpaired) electrons. The van der Waals surface area contributed by atoms with Gasteiger partial charge in [-0.2, -0.15) is 0 Å². The molecule has 1 saturated heterocycles. The van der Waals surface area contributed by atoms with Crippen molar-refractivity contribution in [3.05, 3.63) is 35.9 Å². The van der Waals surface area contributed by atoms with Crippen LogP contribution in [0.5, 0.6) is 0 Å². The first kappa shape index (κ1) is 15.1. The summed E-state index contributed by atoms with van der Waals surface area (Å²) in [6, 6.07) is 12.4. The Balaban J connectivity index is 1.57. The summed E-state index contributed by atoms with van der Waals surface area (Å²) < 4.78 is 0. The van der Waals surface area contributed by atoms with Gasteiger partial charge in [-0.05, 0) is 50.3 Å². The molecule has 1 N–H and O–H groups in total. The van der Waals surface area contributed by atoms with E-state index in [1.165, 1.54) is 57.2 Å². The summed E-state index contributed by atoms with van der Waals surface area (Å²) in [4.78, 5) is 2.79. The minimum Gasteiger partial charge on any atom is -0.310 e. The molecule has 1 aliphatic carbocycles. The van der Waals surface area contributed by atoms with E-state index in [1.54, 1.807) is 0 Å². The molecule has 2 nitrogen and oxygen atoms in total. The third kappa shape index (κ3) is 3.67.